The normalized spacial score (nSPS) is 16.1. The quantitative estimate of drug-likeness (QED) is 0.374. The second-order valence-corrected chi connectivity index (χ2v) is 9.64. The molecule has 184 valence electrons. The van der Waals surface area contributed by atoms with Gasteiger partial charge in [-0.15, -0.1) is 0 Å². The van der Waals surface area contributed by atoms with Crippen molar-refractivity contribution in [2.24, 2.45) is 0 Å². The van der Waals surface area contributed by atoms with E-state index in [1.807, 2.05) is 49.4 Å². The van der Waals surface area contributed by atoms with Crippen molar-refractivity contribution in [3.63, 3.8) is 0 Å². The number of carbonyl (C=O) groups is 2. The first-order valence-electron chi connectivity index (χ1n) is 11.9. The zero-order chi connectivity index (χ0) is 26.1. The van der Waals surface area contributed by atoms with Gasteiger partial charge in [-0.25, -0.2) is 4.79 Å². The average molecular weight is 555 g/mol. The van der Waals surface area contributed by atoms with Crippen molar-refractivity contribution in [3.8, 4) is 11.8 Å². The van der Waals surface area contributed by atoms with E-state index in [1.54, 1.807) is 31.2 Å². The van der Waals surface area contributed by atoms with Crippen LogP contribution in [0.15, 0.2) is 88.0 Å². The molecule has 1 aliphatic heterocycles. The van der Waals surface area contributed by atoms with Gasteiger partial charge in [-0.3, -0.25) is 4.79 Å². The predicted octanol–water partition coefficient (Wildman–Crippen LogP) is 6.03. The van der Waals surface area contributed by atoms with Gasteiger partial charge in [-0.1, -0.05) is 58.4 Å². The number of nitrogens with zero attached hydrogens (tertiary/aromatic N) is 1. The van der Waals surface area contributed by atoms with E-state index in [2.05, 4.69) is 27.3 Å². The summed E-state index contributed by atoms with van der Waals surface area (Å²) in [6.07, 6.45) is 0. The van der Waals surface area contributed by atoms with Crippen molar-refractivity contribution in [2.45, 2.75) is 26.4 Å². The summed E-state index contributed by atoms with van der Waals surface area (Å²) in [6.45, 7) is 3.92. The standard InChI is InChI=1S/C30H23BrN2O4/c1-3-36-30(35)25-17(2)33-28-21-10-6-7-11-22(21)29(34)27(28)26(25)23-14-20(31)12-13-24(23)37-16-19-9-5-4-8-18(19)15-32/h4-14,26,33H,3,16H2,1-2H3/t26-/m0/s1. The van der Waals surface area contributed by atoms with Gasteiger partial charge in [0.05, 0.1) is 35.4 Å². The number of carbonyl (C=O) groups excluding carboxylic acids is 2. The number of hydrogen-bond donors (Lipinski definition) is 1. The van der Waals surface area contributed by atoms with E-state index in [1.165, 1.54) is 0 Å². The van der Waals surface area contributed by atoms with E-state index >= 15 is 0 Å². The molecule has 6 nitrogen and oxygen atoms in total. The van der Waals surface area contributed by atoms with Crippen molar-refractivity contribution in [1.82, 2.24) is 5.32 Å². The smallest absolute Gasteiger partial charge is 0.336 e. The van der Waals surface area contributed by atoms with Crippen molar-refractivity contribution >= 4 is 33.4 Å². The van der Waals surface area contributed by atoms with Gasteiger partial charge < -0.3 is 14.8 Å². The molecular weight excluding hydrogens is 532 g/mol. The fraction of sp³-hybridized carbons (Fsp3) is 0.167. The maximum atomic E-state index is 13.7. The molecule has 0 bridgehead atoms. The highest BCUT2D eigenvalue weighted by Crippen LogP contribution is 2.49. The second kappa shape index (κ2) is 10.1. The molecule has 0 saturated carbocycles. The van der Waals surface area contributed by atoms with E-state index in [0.29, 0.717) is 45.0 Å². The summed E-state index contributed by atoms with van der Waals surface area (Å²) in [5.41, 5.74) is 5.46. The molecule has 37 heavy (non-hydrogen) atoms. The summed E-state index contributed by atoms with van der Waals surface area (Å²) in [6, 6.07) is 22.4. The minimum atomic E-state index is -0.714. The van der Waals surface area contributed by atoms with Gasteiger partial charge in [0.1, 0.15) is 12.4 Å². The number of Topliss-reactive ketones (excluding diaryl/α,β-unsaturated/α-hetero) is 1. The van der Waals surface area contributed by atoms with Crippen LogP contribution in [0.3, 0.4) is 0 Å². The van der Waals surface area contributed by atoms with Crippen molar-refractivity contribution < 1.29 is 19.1 Å². The highest BCUT2D eigenvalue weighted by atomic mass is 79.9. The Hall–Kier alpha value is -4.15. The molecule has 3 aromatic carbocycles. The highest BCUT2D eigenvalue weighted by Gasteiger charge is 2.44. The number of dihydropyridines is 1. The van der Waals surface area contributed by atoms with Crippen molar-refractivity contribution in [2.75, 3.05) is 6.61 Å². The van der Waals surface area contributed by atoms with Crippen LogP contribution >= 0.6 is 15.9 Å². The first-order chi connectivity index (χ1) is 17.9. The average Bonchev–Trinajstić information content (AvgIpc) is 3.18. The van der Waals surface area contributed by atoms with Gasteiger partial charge in [0.25, 0.3) is 0 Å². The topological polar surface area (TPSA) is 88.4 Å². The summed E-state index contributed by atoms with van der Waals surface area (Å²) in [4.78, 5) is 27.0. The number of ether oxygens (including phenoxy) is 2. The van der Waals surface area contributed by atoms with Gasteiger partial charge >= 0.3 is 5.97 Å². The van der Waals surface area contributed by atoms with E-state index < -0.39 is 11.9 Å². The molecule has 1 N–H and O–H groups in total. The Kier molecular flexibility index (Phi) is 6.68. The van der Waals surface area contributed by atoms with Gasteiger partial charge in [-0.05, 0) is 38.1 Å². The van der Waals surface area contributed by atoms with Crippen LogP contribution in [0.4, 0.5) is 0 Å². The maximum Gasteiger partial charge on any atom is 0.336 e. The Morgan fingerprint density at radius 1 is 1.08 bits per heavy atom. The number of nitrogens with one attached hydrogen (secondary N) is 1. The van der Waals surface area contributed by atoms with Gasteiger partial charge in [-0.2, -0.15) is 5.26 Å². The Balaban J connectivity index is 1.66. The molecule has 0 amide bonds. The first-order valence-corrected chi connectivity index (χ1v) is 12.7. The third-order valence-electron chi connectivity index (χ3n) is 6.55. The summed E-state index contributed by atoms with van der Waals surface area (Å²) < 4.78 is 12.5. The van der Waals surface area contributed by atoms with E-state index in [0.717, 1.165) is 15.6 Å². The number of benzene rings is 3. The number of halogens is 1. The predicted molar refractivity (Wildman–Crippen MR) is 143 cm³/mol. The molecule has 0 fully saturated rings. The molecule has 2 aliphatic rings. The number of fused-ring (bicyclic) bond motifs is 2. The third-order valence-corrected chi connectivity index (χ3v) is 7.04. The summed E-state index contributed by atoms with van der Waals surface area (Å²) in [5, 5.41) is 12.8. The van der Waals surface area contributed by atoms with Gasteiger partial charge in [0.15, 0.2) is 5.78 Å². The molecule has 0 radical (unpaired) electrons. The van der Waals surface area contributed by atoms with E-state index in [4.69, 9.17) is 9.47 Å². The van der Waals surface area contributed by atoms with Crippen molar-refractivity contribution in [3.05, 3.63) is 116 Å². The molecule has 1 aliphatic carbocycles. The van der Waals surface area contributed by atoms with Crippen LogP contribution in [0.5, 0.6) is 5.75 Å². The molecule has 0 saturated heterocycles. The Bertz CT molecular complexity index is 1550. The summed E-state index contributed by atoms with van der Waals surface area (Å²) >= 11 is 3.55. The van der Waals surface area contributed by atoms with Crippen LogP contribution in [0.25, 0.3) is 5.70 Å². The molecule has 3 aromatic rings. The highest BCUT2D eigenvalue weighted by molar-refractivity contribution is 9.10. The van der Waals surface area contributed by atoms with Gasteiger partial charge in [0, 0.05) is 38.0 Å². The third kappa shape index (κ3) is 4.34. The fourth-order valence-electron chi connectivity index (χ4n) is 4.91. The molecular formula is C30H23BrN2O4. The Morgan fingerprint density at radius 3 is 2.57 bits per heavy atom. The lowest BCUT2D eigenvalue weighted by molar-refractivity contribution is -0.138. The zero-order valence-corrected chi connectivity index (χ0v) is 21.9. The van der Waals surface area contributed by atoms with Gasteiger partial charge in [0.2, 0.25) is 0 Å². The zero-order valence-electron chi connectivity index (χ0n) is 20.3. The Morgan fingerprint density at radius 2 is 1.81 bits per heavy atom. The number of hydrogen-bond acceptors (Lipinski definition) is 6. The van der Waals surface area contributed by atoms with Crippen LogP contribution in [0, 0.1) is 11.3 Å². The van der Waals surface area contributed by atoms with E-state index in [-0.39, 0.29) is 19.0 Å². The van der Waals surface area contributed by atoms with E-state index in [9.17, 15) is 14.9 Å². The number of nitriles is 1. The van der Waals surface area contributed by atoms with Crippen LogP contribution < -0.4 is 10.1 Å². The summed E-state index contributed by atoms with van der Waals surface area (Å²) in [7, 11) is 0. The second-order valence-electron chi connectivity index (χ2n) is 8.72. The molecule has 5 rings (SSSR count). The first kappa shape index (κ1) is 24.5. The minimum Gasteiger partial charge on any atom is -0.489 e. The van der Waals surface area contributed by atoms with Crippen molar-refractivity contribution in [1.29, 1.82) is 5.26 Å². The number of esters is 1. The van der Waals surface area contributed by atoms with Crippen LogP contribution in [0.2, 0.25) is 0 Å². The monoisotopic (exact) mass is 554 g/mol. The SMILES string of the molecule is CCOC(=O)C1=C(C)NC2=C(C(=O)c3ccccc32)[C@H]1c1cc(Br)ccc1OCc1ccccc1C#N. The van der Waals surface area contributed by atoms with Crippen LogP contribution in [-0.2, 0) is 16.1 Å². The fourth-order valence-corrected chi connectivity index (χ4v) is 5.29. The van der Waals surface area contributed by atoms with Crippen LogP contribution in [0.1, 0.15) is 52.4 Å². The number of rotatable bonds is 6. The Labute approximate surface area is 223 Å². The maximum absolute atomic E-state index is 13.7. The molecule has 0 aromatic heterocycles. The largest absolute Gasteiger partial charge is 0.489 e. The molecule has 1 heterocycles. The molecule has 0 spiro atoms. The molecule has 0 unspecified atom stereocenters. The number of allylic oxidation sites excluding steroid dienone is 2. The lowest BCUT2D eigenvalue weighted by Crippen LogP contribution is -2.29. The minimum absolute atomic E-state index is 0.141. The van der Waals surface area contributed by atoms with Crippen LogP contribution in [-0.4, -0.2) is 18.4 Å². The number of ketones is 1. The molecule has 7 heteroatoms. The lowest BCUT2D eigenvalue weighted by atomic mass is 9.79. The molecule has 1 atom stereocenters. The summed E-state index contributed by atoms with van der Waals surface area (Å²) in [5.74, 6) is -0.839. The lowest BCUT2D eigenvalue weighted by Gasteiger charge is -2.30.